The van der Waals surface area contributed by atoms with Gasteiger partial charge in [-0.15, -0.1) is 0 Å². The van der Waals surface area contributed by atoms with Gasteiger partial charge in [0.15, 0.2) is 0 Å². The molecule has 0 N–H and O–H groups in total. The molecule has 0 aromatic heterocycles. The van der Waals surface area contributed by atoms with Crippen LogP contribution in [0.2, 0.25) is 0 Å². The number of rotatable bonds is 3. The first-order valence-electron chi connectivity index (χ1n) is 9.72. The van der Waals surface area contributed by atoms with Crippen molar-refractivity contribution in [2.24, 2.45) is 0 Å². The summed E-state index contributed by atoms with van der Waals surface area (Å²) < 4.78 is 0. The van der Waals surface area contributed by atoms with Crippen LogP contribution in [0.3, 0.4) is 0 Å². The Morgan fingerprint density at radius 3 is 2.50 bits per heavy atom. The van der Waals surface area contributed by atoms with Gasteiger partial charge in [0.2, 0.25) is 11.8 Å². The van der Waals surface area contributed by atoms with Crippen molar-refractivity contribution in [3.63, 3.8) is 0 Å². The lowest BCUT2D eigenvalue weighted by Crippen LogP contribution is -2.39. The van der Waals surface area contributed by atoms with Crippen LogP contribution in [0, 0.1) is 0 Å². The topological polar surface area (TPSA) is 40.6 Å². The van der Waals surface area contributed by atoms with Crippen molar-refractivity contribution in [3.05, 3.63) is 83.6 Å². The maximum Gasteiger partial charge on any atom is 0.225 e. The molecule has 142 valence electrons. The molecule has 0 saturated carbocycles. The van der Waals surface area contributed by atoms with Crippen LogP contribution in [0.25, 0.3) is 11.6 Å². The highest BCUT2D eigenvalue weighted by molar-refractivity contribution is 5.82. The third kappa shape index (κ3) is 3.63. The van der Waals surface area contributed by atoms with Crippen LogP contribution >= 0.6 is 0 Å². The van der Waals surface area contributed by atoms with Crippen molar-refractivity contribution < 1.29 is 9.59 Å². The largest absolute Gasteiger partial charge is 0.339 e. The van der Waals surface area contributed by atoms with E-state index in [0.29, 0.717) is 19.5 Å². The summed E-state index contributed by atoms with van der Waals surface area (Å²) in [6, 6.07) is 18.0. The standard InChI is InChI=1S/C24H24N2O2/c1-18(27)26-16-13-21-9-5-6-10-22(21)23(26)17-24(28)25-14-11-20(12-15-25)19-7-3-2-4-8-19/h2-11,13,16,23H,12,14-15,17H2,1H3/t23-/m0/s1. The van der Waals surface area contributed by atoms with Crippen molar-refractivity contribution in [2.75, 3.05) is 13.1 Å². The Balaban J connectivity index is 1.49. The lowest BCUT2D eigenvalue weighted by molar-refractivity contribution is -0.134. The SMILES string of the molecule is CC(=O)N1C=Cc2ccccc2[C@@H]1CC(=O)N1CC=C(c2ccccc2)CC1. The normalized spacial score (nSPS) is 18.5. The third-order valence-electron chi connectivity index (χ3n) is 5.54. The zero-order valence-electron chi connectivity index (χ0n) is 16.0. The van der Waals surface area contributed by atoms with E-state index in [0.717, 1.165) is 17.5 Å². The fourth-order valence-electron chi connectivity index (χ4n) is 4.02. The number of amides is 2. The van der Waals surface area contributed by atoms with E-state index < -0.39 is 0 Å². The van der Waals surface area contributed by atoms with E-state index in [4.69, 9.17) is 0 Å². The second-order valence-electron chi connectivity index (χ2n) is 7.28. The maximum atomic E-state index is 13.0. The lowest BCUT2D eigenvalue weighted by atomic mass is 9.93. The molecule has 2 heterocycles. The van der Waals surface area contributed by atoms with Crippen LogP contribution in [0.1, 0.15) is 42.5 Å². The molecule has 2 aromatic carbocycles. The molecule has 0 spiro atoms. The maximum absolute atomic E-state index is 13.0. The van der Waals surface area contributed by atoms with Crippen LogP contribution in [0.4, 0.5) is 0 Å². The van der Waals surface area contributed by atoms with Gasteiger partial charge in [-0.05, 0) is 34.8 Å². The fourth-order valence-corrected chi connectivity index (χ4v) is 4.02. The van der Waals surface area contributed by atoms with Gasteiger partial charge in [-0.3, -0.25) is 9.59 Å². The summed E-state index contributed by atoms with van der Waals surface area (Å²) in [6.07, 6.45) is 7.04. The smallest absolute Gasteiger partial charge is 0.225 e. The predicted molar refractivity (Wildman–Crippen MR) is 111 cm³/mol. The second kappa shape index (κ2) is 7.85. The molecular weight excluding hydrogens is 348 g/mol. The van der Waals surface area contributed by atoms with E-state index in [-0.39, 0.29) is 17.9 Å². The number of carbonyl (C=O) groups excluding carboxylic acids is 2. The summed E-state index contributed by atoms with van der Waals surface area (Å²) in [6.45, 7) is 2.88. The lowest BCUT2D eigenvalue weighted by Gasteiger charge is -2.34. The minimum Gasteiger partial charge on any atom is -0.339 e. The van der Waals surface area contributed by atoms with E-state index in [1.807, 2.05) is 53.4 Å². The van der Waals surface area contributed by atoms with Crippen molar-refractivity contribution in [2.45, 2.75) is 25.8 Å². The van der Waals surface area contributed by atoms with Crippen LogP contribution in [-0.4, -0.2) is 34.7 Å². The van der Waals surface area contributed by atoms with E-state index >= 15 is 0 Å². The van der Waals surface area contributed by atoms with Crippen molar-refractivity contribution in [1.82, 2.24) is 9.80 Å². The number of nitrogens with zero attached hydrogens (tertiary/aromatic N) is 2. The molecule has 4 nitrogen and oxygen atoms in total. The molecule has 0 bridgehead atoms. The van der Waals surface area contributed by atoms with Crippen molar-refractivity contribution in [1.29, 1.82) is 0 Å². The molecule has 0 unspecified atom stereocenters. The van der Waals surface area contributed by atoms with Crippen LogP contribution < -0.4 is 0 Å². The Kier molecular flexibility index (Phi) is 5.11. The third-order valence-corrected chi connectivity index (χ3v) is 5.54. The van der Waals surface area contributed by atoms with Gasteiger partial charge in [0.25, 0.3) is 0 Å². The van der Waals surface area contributed by atoms with Gasteiger partial charge in [-0.25, -0.2) is 0 Å². The first-order chi connectivity index (χ1) is 13.6. The highest BCUT2D eigenvalue weighted by Crippen LogP contribution is 2.33. The summed E-state index contributed by atoms with van der Waals surface area (Å²) >= 11 is 0. The zero-order chi connectivity index (χ0) is 19.5. The van der Waals surface area contributed by atoms with Gasteiger partial charge in [0.1, 0.15) is 0 Å². The Morgan fingerprint density at radius 2 is 1.79 bits per heavy atom. The molecule has 0 aliphatic carbocycles. The number of carbonyl (C=O) groups is 2. The summed E-state index contributed by atoms with van der Waals surface area (Å²) in [5.41, 5.74) is 4.62. The van der Waals surface area contributed by atoms with Gasteiger partial charge in [-0.1, -0.05) is 60.7 Å². The highest BCUT2D eigenvalue weighted by Gasteiger charge is 2.30. The van der Waals surface area contributed by atoms with Crippen LogP contribution in [0.15, 0.2) is 66.9 Å². The number of hydrogen-bond donors (Lipinski definition) is 0. The van der Waals surface area contributed by atoms with Crippen LogP contribution in [-0.2, 0) is 9.59 Å². The number of fused-ring (bicyclic) bond motifs is 1. The molecule has 0 radical (unpaired) electrons. The molecule has 4 heteroatoms. The molecule has 28 heavy (non-hydrogen) atoms. The molecular formula is C24H24N2O2. The minimum atomic E-state index is -0.245. The van der Waals surface area contributed by atoms with Crippen molar-refractivity contribution >= 4 is 23.5 Å². The number of hydrogen-bond acceptors (Lipinski definition) is 2. The first-order valence-corrected chi connectivity index (χ1v) is 9.72. The summed E-state index contributed by atoms with van der Waals surface area (Å²) in [5.74, 6) is 0.0400. The highest BCUT2D eigenvalue weighted by atomic mass is 16.2. The first kappa shape index (κ1) is 18.2. The van der Waals surface area contributed by atoms with E-state index in [1.54, 1.807) is 18.0 Å². The number of benzene rings is 2. The second-order valence-corrected chi connectivity index (χ2v) is 7.28. The average Bonchev–Trinajstić information content (AvgIpc) is 2.74. The summed E-state index contributed by atoms with van der Waals surface area (Å²) in [5, 5.41) is 0. The molecule has 2 amide bonds. The van der Waals surface area contributed by atoms with Crippen LogP contribution in [0.5, 0.6) is 0 Å². The molecule has 0 saturated heterocycles. The van der Waals surface area contributed by atoms with E-state index in [9.17, 15) is 9.59 Å². The van der Waals surface area contributed by atoms with Crippen molar-refractivity contribution in [3.8, 4) is 0 Å². The van der Waals surface area contributed by atoms with E-state index in [1.165, 1.54) is 11.1 Å². The predicted octanol–water partition coefficient (Wildman–Crippen LogP) is 4.27. The van der Waals surface area contributed by atoms with E-state index in [2.05, 4.69) is 18.2 Å². The molecule has 4 rings (SSSR count). The summed E-state index contributed by atoms with van der Waals surface area (Å²) in [4.78, 5) is 28.7. The molecule has 2 aromatic rings. The molecule has 2 aliphatic heterocycles. The molecule has 2 aliphatic rings. The Bertz CT molecular complexity index is 946. The van der Waals surface area contributed by atoms with Gasteiger partial charge in [0.05, 0.1) is 12.5 Å². The van der Waals surface area contributed by atoms with Gasteiger partial charge in [0, 0.05) is 26.2 Å². The van der Waals surface area contributed by atoms with Gasteiger partial charge < -0.3 is 9.80 Å². The Morgan fingerprint density at radius 1 is 1.04 bits per heavy atom. The quantitative estimate of drug-likeness (QED) is 0.807. The average molecular weight is 372 g/mol. The minimum absolute atomic E-state index is 0.0477. The van der Waals surface area contributed by atoms with Gasteiger partial charge >= 0.3 is 0 Å². The molecule has 0 fully saturated rings. The Labute approximate surface area is 165 Å². The zero-order valence-corrected chi connectivity index (χ0v) is 16.0. The monoisotopic (exact) mass is 372 g/mol. The fraction of sp³-hybridized carbons (Fsp3) is 0.250. The van der Waals surface area contributed by atoms with Gasteiger partial charge in [-0.2, -0.15) is 0 Å². The summed E-state index contributed by atoms with van der Waals surface area (Å²) in [7, 11) is 0. The Hall–Kier alpha value is -3.14. The molecule has 1 atom stereocenters.